The maximum atomic E-state index is 12.4. The van der Waals surface area contributed by atoms with Crippen molar-refractivity contribution in [2.24, 2.45) is 11.3 Å². The maximum Gasteiger partial charge on any atom is 0.309 e. The predicted molar refractivity (Wildman–Crippen MR) is 87.8 cm³/mol. The summed E-state index contributed by atoms with van der Waals surface area (Å²) in [6.45, 7) is 2.26. The Morgan fingerprint density at radius 3 is 2.43 bits per heavy atom. The molecule has 1 N–H and O–H groups in total. The van der Waals surface area contributed by atoms with Crippen LogP contribution < -0.4 is 0 Å². The van der Waals surface area contributed by atoms with Crippen molar-refractivity contribution in [1.82, 2.24) is 0 Å². The monoisotopic (exact) mass is 318 g/mol. The first-order chi connectivity index (χ1) is 11.1. The van der Waals surface area contributed by atoms with Crippen molar-refractivity contribution in [1.29, 1.82) is 0 Å². The molecular weight excluding hydrogens is 292 g/mol. The Kier molecular flexibility index (Phi) is 6.20. The molecule has 0 saturated heterocycles. The Morgan fingerprint density at radius 1 is 1.22 bits per heavy atom. The minimum Gasteiger partial charge on any atom is -0.481 e. The Hall–Kier alpha value is -1.84. The fraction of sp³-hybridized carbons (Fsp3) is 0.579. The summed E-state index contributed by atoms with van der Waals surface area (Å²) in [5.74, 6) is -1.34. The normalized spacial score (nSPS) is 17.6. The quantitative estimate of drug-likeness (QED) is 0.730. The minimum absolute atomic E-state index is 0.250. The molecule has 1 aromatic carbocycles. The fourth-order valence-corrected chi connectivity index (χ4v) is 3.53. The summed E-state index contributed by atoms with van der Waals surface area (Å²) in [5, 5.41) is 9.62. The van der Waals surface area contributed by atoms with Gasteiger partial charge in [0.2, 0.25) is 0 Å². The molecule has 4 nitrogen and oxygen atoms in total. The number of hydrogen-bond donors (Lipinski definition) is 1. The van der Waals surface area contributed by atoms with Gasteiger partial charge in [-0.05, 0) is 31.2 Å². The highest BCUT2D eigenvalue weighted by Gasteiger charge is 2.44. The molecule has 2 rings (SSSR count). The highest BCUT2D eigenvalue weighted by atomic mass is 16.5. The SMILES string of the molecule is CCC[C@@H](CC1(C(=O)O)CCCC1)C(=O)OCc1ccccc1. The maximum absolute atomic E-state index is 12.4. The molecule has 23 heavy (non-hydrogen) atoms. The zero-order chi connectivity index (χ0) is 16.7. The largest absolute Gasteiger partial charge is 0.481 e. The van der Waals surface area contributed by atoms with Crippen LogP contribution in [0.2, 0.25) is 0 Å². The summed E-state index contributed by atoms with van der Waals surface area (Å²) < 4.78 is 5.45. The summed E-state index contributed by atoms with van der Waals surface area (Å²) in [7, 11) is 0. The highest BCUT2D eigenvalue weighted by Crippen LogP contribution is 2.44. The number of rotatable bonds is 8. The molecule has 1 saturated carbocycles. The lowest BCUT2D eigenvalue weighted by Crippen LogP contribution is -2.33. The zero-order valence-corrected chi connectivity index (χ0v) is 13.8. The summed E-state index contributed by atoms with van der Waals surface area (Å²) in [6.07, 6.45) is 5.16. The van der Waals surface area contributed by atoms with Crippen LogP contribution in [0.25, 0.3) is 0 Å². The van der Waals surface area contributed by atoms with Crippen LogP contribution in [-0.4, -0.2) is 17.0 Å². The molecule has 0 radical (unpaired) electrons. The van der Waals surface area contributed by atoms with Crippen molar-refractivity contribution in [3.63, 3.8) is 0 Å². The summed E-state index contributed by atoms with van der Waals surface area (Å²) in [4.78, 5) is 24.2. The van der Waals surface area contributed by atoms with E-state index in [0.717, 1.165) is 24.8 Å². The molecule has 0 spiro atoms. The topological polar surface area (TPSA) is 63.6 Å². The van der Waals surface area contributed by atoms with Gasteiger partial charge in [0.25, 0.3) is 0 Å². The van der Waals surface area contributed by atoms with Crippen LogP contribution in [0, 0.1) is 11.3 Å². The molecule has 4 heteroatoms. The second kappa shape index (κ2) is 8.14. The van der Waals surface area contributed by atoms with Crippen LogP contribution in [-0.2, 0) is 20.9 Å². The van der Waals surface area contributed by atoms with E-state index in [-0.39, 0.29) is 18.5 Å². The van der Waals surface area contributed by atoms with Crippen LogP contribution >= 0.6 is 0 Å². The van der Waals surface area contributed by atoms with E-state index < -0.39 is 11.4 Å². The third-order valence-corrected chi connectivity index (χ3v) is 4.85. The van der Waals surface area contributed by atoms with Gasteiger partial charge in [-0.25, -0.2) is 0 Å². The van der Waals surface area contributed by atoms with E-state index in [9.17, 15) is 14.7 Å². The van der Waals surface area contributed by atoms with Gasteiger partial charge in [-0.3, -0.25) is 9.59 Å². The van der Waals surface area contributed by atoms with Crippen molar-refractivity contribution >= 4 is 11.9 Å². The van der Waals surface area contributed by atoms with Gasteiger partial charge in [-0.1, -0.05) is 56.5 Å². The van der Waals surface area contributed by atoms with E-state index in [2.05, 4.69) is 0 Å². The number of carboxylic acids is 1. The van der Waals surface area contributed by atoms with E-state index in [4.69, 9.17) is 4.74 Å². The van der Waals surface area contributed by atoms with Gasteiger partial charge >= 0.3 is 11.9 Å². The lowest BCUT2D eigenvalue weighted by Gasteiger charge is -2.28. The number of esters is 1. The third kappa shape index (κ3) is 4.57. The van der Waals surface area contributed by atoms with Crippen LogP contribution in [0.15, 0.2) is 30.3 Å². The average Bonchev–Trinajstić information content (AvgIpc) is 3.03. The standard InChI is InChI=1S/C19H26O4/c1-2-8-16(13-19(18(21)22)11-6-7-12-19)17(20)23-14-15-9-4-3-5-10-15/h3-5,9-10,16H,2,6-8,11-14H2,1H3,(H,21,22)/t16-/m0/s1. The lowest BCUT2D eigenvalue weighted by atomic mass is 9.76. The predicted octanol–water partition coefficient (Wildman–Crippen LogP) is 4.18. The Morgan fingerprint density at radius 2 is 1.87 bits per heavy atom. The zero-order valence-electron chi connectivity index (χ0n) is 13.8. The van der Waals surface area contributed by atoms with E-state index in [1.165, 1.54) is 0 Å². The van der Waals surface area contributed by atoms with E-state index in [1.807, 2.05) is 37.3 Å². The number of aliphatic carboxylic acids is 1. The van der Waals surface area contributed by atoms with Crippen molar-refractivity contribution in [3.8, 4) is 0 Å². The molecule has 0 aliphatic heterocycles. The fourth-order valence-electron chi connectivity index (χ4n) is 3.53. The molecule has 1 atom stereocenters. The van der Waals surface area contributed by atoms with Crippen LogP contribution in [0.3, 0.4) is 0 Å². The van der Waals surface area contributed by atoms with E-state index in [0.29, 0.717) is 25.7 Å². The number of hydrogen-bond acceptors (Lipinski definition) is 3. The van der Waals surface area contributed by atoms with E-state index in [1.54, 1.807) is 0 Å². The molecule has 0 amide bonds. The van der Waals surface area contributed by atoms with E-state index >= 15 is 0 Å². The van der Waals surface area contributed by atoms with Crippen LogP contribution in [0.1, 0.15) is 57.4 Å². The first-order valence-electron chi connectivity index (χ1n) is 8.51. The van der Waals surface area contributed by atoms with Gasteiger partial charge in [-0.15, -0.1) is 0 Å². The van der Waals surface area contributed by atoms with Gasteiger partial charge in [-0.2, -0.15) is 0 Å². The van der Waals surface area contributed by atoms with Crippen molar-refractivity contribution < 1.29 is 19.4 Å². The average molecular weight is 318 g/mol. The molecule has 1 aliphatic carbocycles. The first-order valence-corrected chi connectivity index (χ1v) is 8.51. The molecule has 126 valence electrons. The summed E-state index contributed by atoms with van der Waals surface area (Å²) in [6, 6.07) is 9.56. The van der Waals surface area contributed by atoms with Gasteiger partial charge < -0.3 is 9.84 Å². The molecule has 0 aromatic heterocycles. The second-order valence-electron chi connectivity index (χ2n) is 6.58. The lowest BCUT2D eigenvalue weighted by molar-refractivity contribution is -0.155. The minimum atomic E-state index is -0.757. The Labute approximate surface area is 137 Å². The smallest absolute Gasteiger partial charge is 0.309 e. The van der Waals surface area contributed by atoms with Crippen LogP contribution in [0.4, 0.5) is 0 Å². The van der Waals surface area contributed by atoms with Crippen LogP contribution in [0.5, 0.6) is 0 Å². The van der Waals surface area contributed by atoms with Gasteiger partial charge in [0.1, 0.15) is 6.61 Å². The second-order valence-corrected chi connectivity index (χ2v) is 6.58. The Bertz CT molecular complexity index is 517. The summed E-state index contributed by atoms with van der Waals surface area (Å²) in [5.41, 5.74) is 0.218. The van der Waals surface area contributed by atoms with Gasteiger partial charge in [0, 0.05) is 0 Å². The molecule has 1 aromatic rings. The number of carbonyl (C=O) groups excluding carboxylic acids is 1. The van der Waals surface area contributed by atoms with Gasteiger partial charge in [0.15, 0.2) is 0 Å². The Balaban J connectivity index is 1.99. The van der Waals surface area contributed by atoms with Crippen molar-refractivity contribution in [2.45, 2.75) is 58.5 Å². The number of ether oxygens (including phenoxy) is 1. The molecule has 1 fully saturated rings. The highest BCUT2D eigenvalue weighted by molar-refractivity contribution is 5.78. The molecular formula is C19H26O4. The first kappa shape index (κ1) is 17.5. The van der Waals surface area contributed by atoms with Crippen molar-refractivity contribution in [2.75, 3.05) is 0 Å². The summed E-state index contributed by atoms with van der Waals surface area (Å²) >= 11 is 0. The third-order valence-electron chi connectivity index (χ3n) is 4.85. The molecule has 0 unspecified atom stereocenters. The number of carbonyl (C=O) groups is 2. The molecule has 0 heterocycles. The molecule has 1 aliphatic rings. The number of carboxylic acid groups (broad SMARTS) is 1. The van der Waals surface area contributed by atoms with Crippen molar-refractivity contribution in [3.05, 3.63) is 35.9 Å². The number of benzene rings is 1. The molecule has 0 bridgehead atoms. The van der Waals surface area contributed by atoms with Gasteiger partial charge in [0.05, 0.1) is 11.3 Å².